The predicted octanol–water partition coefficient (Wildman–Crippen LogP) is 1.65. The van der Waals surface area contributed by atoms with Gasteiger partial charge in [0.1, 0.15) is 5.60 Å². The number of nitrogens with two attached hydrogens (primary N) is 1. The molecule has 16 heavy (non-hydrogen) atoms. The van der Waals surface area contributed by atoms with Crippen LogP contribution in [0, 0.1) is 0 Å². The topological polar surface area (TPSA) is 55.5 Å². The van der Waals surface area contributed by atoms with E-state index >= 15 is 0 Å². The maximum atomic E-state index is 10.4. The third-order valence-electron chi connectivity index (χ3n) is 2.66. The quantitative estimate of drug-likeness (QED) is 0.691. The summed E-state index contributed by atoms with van der Waals surface area (Å²) in [4.78, 5) is 0. The van der Waals surface area contributed by atoms with Gasteiger partial charge in [0.15, 0.2) is 0 Å². The summed E-state index contributed by atoms with van der Waals surface area (Å²) in [6, 6.07) is 9.53. The van der Waals surface area contributed by atoms with E-state index in [1.54, 1.807) is 0 Å². The Kier molecular flexibility index (Phi) is 5.46. The lowest BCUT2D eigenvalue weighted by atomic mass is 9.91. The van der Waals surface area contributed by atoms with Crippen LogP contribution in [0.4, 0.5) is 0 Å². The highest BCUT2D eigenvalue weighted by atomic mass is 16.5. The van der Waals surface area contributed by atoms with Crippen LogP contribution in [-0.4, -0.2) is 24.9 Å². The van der Waals surface area contributed by atoms with E-state index in [2.05, 4.69) is 6.92 Å². The van der Waals surface area contributed by atoms with Crippen LogP contribution in [0.3, 0.4) is 0 Å². The van der Waals surface area contributed by atoms with E-state index in [0.717, 1.165) is 18.6 Å². The molecular weight excluding hydrogens is 202 g/mol. The molecule has 0 aliphatic carbocycles. The summed E-state index contributed by atoms with van der Waals surface area (Å²) in [5.41, 5.74) is 5.54. The molecule has 0 aliphatic heterocycles. The van der Waals surface area contributed by atoms with Crippen LogP contribution >= 0.6 is 0 Å². The SMILES string of the molecule is CCCOCCC(O)(CN)c1ccccc1. The summed E-state index contributed by atoms with van der Waals surface area (Å²) in [6.45, 7) is 3.55. The molecule has 0 amide bonds. The van der Waals surface area contributed by atoms with Gasteiger partial charge in [-0.05, 0) is 12.0 Å². The van der Waals surface area contributed by atoms with Gasteiger partial charge < -0.3 is 15.6 Å². The monoisotopic (exact) mass is 223 g/mol. The first kappa shape index (κ1) is 13.2. The Morgan fingerprint density at radius 3 is 2.50 bits per heavy atom. The van der Waals surface area contributed by atoms with Crippen LogP contribution in [0.25, 0.3) is 0 Å². The van der Waals surface area contributed by atoms with E-state index in [1.165, 1.54) is 0 Å². The third kappa shape index (κ3) is 3.59. The standard InChI is InChI=1S/C13H21NO2/c1-2-9-16-10-8-13(15,11-14)12-6-4-3-5-7-12/h3-7,15H,2,8-11,14H2,1H3. The maximum absolute atomic E-state index is 10.4. The summed E-state index contributed by atoms with van der Waals surface area (Å²) in [7, 11) is 0. The van der Waals surface area contributed by atoms with Crippen molar-refractivity contribution in [3.63, 3.8) is 0 Å². The highest BCUT2D eigenvalue weighted by Gasteiger charge is 2.26. The van der Waals surface area contributed by atoms with Crippen molar-refractivity contribution >= 4 is 0 Å². The van der Waals surface area contributed by atoms with Gasteiger partial charge in [0.2, 0.25) is 0 Å². The molecule has 0 bridgehead atoms. The van der Waals surface area contributed by atoms with Gasteiger partial charge in [-0.25, -0.2) is 0 Å². The molecule has 0 radical (unpaired) electrons. The van der Waals surface area contributed by atoms with Crippen molar-refractivity contribution in [1.29, 1.82) is 0 Å². The van der Waals surface area contributed by atoms with Gasteiger partial charge in [0, 0.05) is 26.2 Å². The largest absolute Gasteiger partial charge is 0.384 e. The Balaban J connectivity index is 2.56. The van der Waals surface area contributed by atoms with Crippen molar-refractivity contribution in [2.24, 2.45) is 5.73 Å². The van der Waals surface area contributed by atoms with E-state index in [1.807, 2.05) is 30.3 Å². The molecule has 1 rings (SSSR count). The summed E-state index contributed by atoms with van der Waals surface area (Å²) in [6.07, 6.45) is 1.53. The molecule has 1 unspecified atom stereocenters. The molecule has 0 aromatic heterocycles. The van der Waals surface area contributed by atoms with Gasteiger partial charge in [-0.15, -0.1) is 0 Å². The fraction of sp³-hybridized carbons (Fsp3) is 0.538. The molecule has 1 atom stereocenters. The Morgan fingerprint density at radius 2 is 1.94 bits per heavy atom. The number of hydrogen-bond acceptors (Lipinski definition) is 3. The lowest BCUT2D eigenvalue weighted by Crippen LogP contribution is -2.36. The Morgan fingerprint density at radius 1 is 1.25 bits per heavy atom. The number of rotatable bonds is 7. The van der Waals surface area contributed by atoms with Gasteiger partial charge in [0.25, 0.3) is 0 Å². The fourth-order valence-corrected chi connectivity index (χ4v) is 1.60. The minimum atomic E-state index is -0.963. The summed E-state index contributed by atoms with van der Waals surface area (Å²) < 4.78 is 5.39. The zero-order valence-electron chi connectivity index (χ0n) is 9.86. The smallest absolute Gasteiger partial charge is 0.104 e. The number of hydrogen-bond donors (Lipinski definition) is 2. The van der Waals surface area contributed by atoms with E-state index in [9.17, 15) is 5.11 Å². The van der Waals surface area contributed by atoms with Crippen LogP contribution in [0.5, 0.6) is 0 Å². The minimum absolute atomic E-state index is 0.215. The van der Waals surface area contributed by atoms with Crippen molar-refractivity contribution in [2.75, 3.05) is 19.8 Å². The second kappa shape index (κ2) is 6.63. The van der Waals surface area contributed by atoms with Crippen molar-refractivity contribution in [2.45, 2.75) is 25.4 Å². The summed E-state index contributed by atoms with van der Waals surface area (Å²) >= 11 is 0. The first-order valence-electron chi connectivity index (χ1n) is 5.78. The van der Waals surface area contributed by atoms with Gasteiger partial charge in [0.05, 0.1) is 0 Å². The summed E-state index contributed by atoms with van der Waals surface area (Å²) in [5.74, 6) is 0. The van der Waals surface area contributed by atoms with E-state index in [0.29, 0.717) is 13.0 Å². The number of aliphatic hydroxyl groups is 1. The van der Waals surface area contributed by atoms with Crippen molar-refractivity contribution in [3.8, 4) is 0 Å². The highest BCUT2D eigenvalue weighted by Crippen LogP contribution is 2.23. The normalized spacial score (nSPS) is 14.7. The first-order valence-corrected chi connectivity index (χ1v) is 5.78. The van der Waals surface area contributed by atoms with Gasteiger partial charge in [-0.2, -0.15) is 0 Å². The molecule has 3 N–H and O–H groups in total. The molecule has 1 aromatic rings. The zero-order valence-corrected chi connectivity index (χ0v) is 9.86. The lowest BCUT2D eigenvalue weighted by molar-refractivity contribution is 0.00291. The number of benzene rings is 1. The molecule has 1 aromatic carbocycles. The summed E-state index contributed by atoms with van der Waals surface area (Å²) in [5, 5.41) is 10.4. The highest BCUT2D eigenvalue weighted by molar-refractivity contribution is 5.22. The zero-order chi connectivity index (χ0) is 11.9. The average molecular weight is 223 g/mol. The molecule has 0 saturated heterocycles. The Labute approximate surface area is 97.2 Å². The lowest BCUT2D eigenvalue weighted by Gasteiger charge is -2.27. The van der Waals surface area contributed by atoms with Crippen molar-refractivity contribution < 1.29 is 9.84 Å². The molecule has 0 aliphatic rings. The Hall–Kier alpha value is -0.900. The van der Waals surface area contributed by atoms with E-state index < -0.39 is 5.60 Å². The van der Waals surface area contributed by atoms with E-state index in [-0.39, 0.29) is 6.54 Å². The molecule has 3 nitrogen and oxygen atoms in total. The van der Waals surface area contributed by atoms with Gasteiger partial charge in [-0.3, -0.25) is 0 Å². The molecule has 0 heterocycles. The average Bonchev–Trinajstić information content (AvgIpc) is 2.35. The van der Waals surface area contributed by atoms with Crippen LogP contribution in [0.15, 0.2) is 30.3 Å². The molecule has 0 spiro atoms. The second-order valence-corrected chi connectivity index (χ2v) is 3.96. The molecule has 3 heteroatoms. The van der Waals surface area contributed by atoms with E-state index in [4.69, 9.17) is 10.5 Å². The van der Waals surface area contributed by atoms with Crippen LogP contribution in [0.1, 0.15) is 25.3 Å². The molecular formula is C13H21NO2. The Bertz CT molecular complexity index is 289. The van der Waals surface area contributed by atoms with Crippen molar-refractivity contribution in [3.05, 3.63) is 35.9 Å². The van der Waals surface area contributed by atoms with Crippen LogP contribution in [0.2, 0.25) is 0 Å². The third-order valence-corrected chi connectivity index (χ3v) is 2.66. The maximum Gasteiger partial charge on any atom is 0.104 e. The molecule has 0 fully saturated rings. The van der Waals surface area contributed by atoms with Gasteiger partial charge >= 0.3 is 0 Å². The first-order chi connectivity index (χ1) is 7.73. The van der Waals surface area contributed by atoms with Crippen molar-refractivity contribution in [1.82, 2.24) is 0 Å². The van der Waals surface area contributed by atoms with Gasteiger partial charge in [-0.1, -0.05) is 37.3 Å². The fourth-order valence-electron chi connectivity index (χ4n) is 1.60. The van der Waals surface area contributed by atoms with Crippen LogP contribution < -0.4 is 5.73 Å². The minimum Gasteiger partial charge on any atom is -0.384 e. The van der Waals surface area contributed by atoms with Crippen LogP contribution in [-0.2, 0) is 10.3 Å². The molecule has 90 valence electrons. The molecule has 0 saturated carbocycles. The second-order valence-electron chi connectivity index (χ2n) is 3.96. The number of ether oxygens (including phenoxy) is 1. The predicted molar refractivity (Wildman–Crippen MR) is 65.1 cm³/mol.